The number of nitrogens with zero attached hydrogens (tertiary/aromatic N) is 4. The highest BCUT2D eigenvalue weighted by atomic mass is 32.1. The summed E-state index contributed by atoms with van der Waals surface area (Å²) in [4.78, 5) is 31.0. The number of piperidine rings is 1. The molecule has 3 heterocycles. The smallest absolute Gasteiger partial charge is 0.267 e. The summed E-state index contributed by atoms with van der Waals surface area (Å²) >= 11 is 1.60. The molecule has 0 spiro atoms. The number of aryl methyl sites for hydroxylation is 2. The standard InChI is InChI=1S/C16H20N4O2S/c1-11-6-7-14(21)20(18-11)9-15(22)19-8-4-3-5-13(19)16-17-12(2)10-23-16/h6-7,10,13H,3-5,8-9H2,1-2H3/t13-/m0/s1. The molecule has 2 aromatic heterocycles. The van der Waals surface area contributed by atoms with Crippen LogP contribution in [0.25, 0.3) is 0 Å². The lowest BCUT2D eigenvalue weighted by Gasteiger charge is -2.34. The summed E-state index contributed by atoms with van der Waals surface area (Å²) in [7, 11) is 0. The van der Waals surface area contributed by atoms with Crippen LogP contribution in [0.1, 0.15) is 41.7 Å². The molecule has 2 aromatic rings. The van der Waals surface area contributed by atoms with Crippen molar-refractivity contribution >= 4 is 17.2 Å². The lowest BCUT2D eigenvalue weighted by atomic mass is 10.0. The highest BCUT2D eigenvalue weighted by molar-refractivity contribution is 7.09. The molecule has 1 aliphatic heterocycles. The van der Waals surface area contributed by atoms with Crippen molar-refractivity contribution in [3.63, 3.8) is 0 Å². The second-order valence-electron chi connectivity index (χ2n) is 5.90. The van der Waals surface area contributed by atoms with E-state index in [4.69, 9.17) is 0 Å². The van der Waals surface area contributed by atoms with Gasteiger partial charge in [-0.3, -0.25) is 9.59 Å². The number of amides is 1. The summed E-state index contributed by atoms with van der Waals surface area (Å²) in [5, 5.41) is 7.15. The van der Waals surface area contributed by atoms with Gasteiger partial charge in [0, 0.05) is 23.7 Å². The van der Waals surface area contributed by atoms with Crippen molar-refractivity contribution in [1.29, 1.82) is 0 Å². The zero-order valence-electron chi connectivity index (χ0n) is 13.4. The second kappa shape index (κ2) is 6.62. The Morgan fingerprint density at radius 2 is 2.13 bits per heavy atom. The summed E-state index contributed by atoms with van der Waals surface area (Å²) in [6.07, 6.45) is 3.01. The van der Waals surface area contributed by atoms with E-state index in [0.29, 0.717) is 6.54 Å². The van der Waals surface area contributed by atoms with Crippen molar-refractivity contribution in [3.05, 3.63) is 44.3 Å². The topological polar surface area (TPSA) is 68.1 Å². The Labute approximate surface area is 138 Å². The molecule has 0 radical (unpaired) electrons. The Bertz CT molecular complexity index is 767. The first-order chi connectivity index (χ1) is 11.0. The maximum absolute atomic E-state index is 12.7. The minimum absolute atomic E-state index is 0.0125. The van der Waals surface area contributed by atoms with Crippen LogP contribution in [0.5, 0.6) is 0 Å². The van der Waals surface area contributed by atoms with E-state index >= 15 is 0 Å². The van der Waals surface area contributed by atoms with Gasteiger partial charge in [0.25, 0.3) is 5.56 Å². The first-order valence-electron chi connectivity index (χ1n) is 7.81. The van der Waals surface area contributed by atoms with Crippen LogP contribution in [-0.2, 0) is 11.3 Å². The van der Waals surface area contributed by atoms with Crippen LogP contribution in [0.2, 0.25) is 0 Å². The molecular formula is C16H20N4O2S. The minimum Gasteiger partial charge on any atom is -0.332 e. The molecule has 1 saturated heterocycles. The predicted octanol–water partition coefficient (Wildman–Crippen LogP) is 2.07. The number of thiazole rings is 1. The summed E-state index contributed by atoms with van der Waals surface area (Å²) in [5.41, 5.74) is 1.46. The number of carbonyl (C=O) groups excluding carboxylic acids is 1. The Kier molecular flexibility index (Phi) is 4.56. The number of hydrogen-bond donors (Lipinski definition) is 0. The fourth-order valence-corrected chi connectivity index (χ4v) is 3.84. The van der Waals surface area contributed by atoms with Crippen molar-refractivity contribution in [2.45, 2.75) is 45.7 Å². The summed E-state index contributed by atoms with van der Waals surface area (Å²) < 4.78 is 1.25. The van der Waals surface area contributed by atoms with Gasteiger partial charge in [0.05, 0.1) is 11.7 Å². The molecule has 23 heavy (non-hydrogen) atoms. The van der Waals surface area contributed by atoms with Gasteiger partial charge in [-0.2, -0.15) is 5.10 Å². The highest BCUT2D eigenvalue weighted by Crippen LogP contribution is 2.32. The zero-order chi connectivity index (χ0) is 16.4. The van der Waals surface area contributed by atoms with E-state index < -0.39 is 0 Å². The summed E-state index contributed by atoms with van der Waals surface area (Å²) in [5.74, 6) is -0.0669. The average Bonchev–Trinajstić information content (AvgIpc) is 2.97. The Balaban J connectivity index is 1.81. The Morgan fingerprint density at radius 1 is 1.30 bits per heavy atom. The first-order valence-corrected chi connectivity index (χ1v) is 8.69. The maximum atomic E-state index is 12.7. The zero-order valence-corrected chi connectivity index (χ0v) is 14.2. The molecule has 7 heteroatoms. The molecule has 122 valence electrons. The van der Waals surface area contributed by atoms with E-state index in [-0.39, 0.29) is 24.1 Å². The van der Waals surface area contributed by atoms with Crippen LogP contribution in [0.15, 0.2) is 22.3 Å². The van der Waals surface area contributed by atoms with Crippen molar-refractivity contribution in [1.82, 2.24) is 19.7 Å². The van der Waals surface area contributed by atoms with E-state index in [1.165, 1.54) is 10.7 Å². The molecule has 1 amide bonds. The molecule has 1 aliphatic rings. The van der Waals surface area contributed by atoms with Crippen molar-refractivity contribution in [2.75, 3.05) is 6.54 Å². The Morgan fingerprint density at radius 3 is 2.87 bits per heavy atom. The molecule has 3 rings (SSSR count). The molecule has 0 aromatic carbocycles. The third kappa shape index (κ3) is 3.50. The van der Waals surface area contributed by atoms with Gasteiger partial charge >= 0.3 is 0 Å². The third-order valence-electron chi connectivity index (χ3n) is 4.03. The van der Waals surface area contributed by atoms with Crippen LogP contribution < -0.4 is 5.56 Å². The molecule has 0 aliphatic carbocycles. The van der Waals surface area contributed by atoms with Crippen molar-refractivity contribution < 1.29 is 4.79 Å². The number of rotatable bonds is 3. The van der Waals surface area contributed by atoms with Gasteiger partial charge in [0.1, 0.15) is 11.6 Å². The van der Waals surface area contributed by atoms with E-state index in [1.807, 2.05) is 24.1 Å². The number of carbonyl (C=O) groups is 1. The minimum atomic E-state index is -0.248. The van der Waals surface area contributed by atoms with E-state index in [0.717, 1.165) is 35.7 Å². The molecule has 0 saturated carbocycles. The monoisotopic (exact) mass is 332 g/mol. The molecule has 0 unspecified atom stereocenters. The highest BCUT2D eigenvalue weighted by Gasteiger charge is 2.30. The van der Waals surface area contributed by atoms with Gasteiger partial charge in [0.15, 0.2) is 0 Å². The van der Waals surface area contributed by atoms with Gasteiger partial charge in [-0.25, -0.2) is 9.67 Å². The maximum Gasteiger partial charge on any atom is 0.267 e. The quantitative estimate of drug-likeness (QED) is 0.863. The predicted molar refractivity (Wildman–Crippen MR) is 88.4 cm³/mol. The van der Waals surface area contributed by atoms with Crippen LogP contribution in [0.3, 0.4) is 0 Å². The number of aromatic nitrogens is 3. The Hall–Kier alpha value is -2.02. The largest absolute Gasteiger partial charge is 0.332 e. The normalized spacial score (nSPS) is 18.2. The number of hydrogen-bond acceptors (Lipinski definition) is 5. The van der Waals surface area contributed by atoms with E-state index in [1.54, 1.807) is 17.4 Å². The van der Waals surface area contributed by atoms with Gasteiger partial charge < -0.3 is 4.90 Å². The first kappa shape index (κ1) is 15.9. The van der Waals surface area contributed by atoms with E-state index in [9.17, 15) is 9.59 Å². The van der Waals surface area contributed by atoms with Gasteiger partial charge in [-0.1, -0.05) is 0 Å². The lowest BCUT2D eigenvalue weighted by Crippen LogP contribution is -2.42. The SMILES string of the molecule is Cc1csc([C@@H]2CCCCN2C(=O)Cn2nc(C)ccc2=O)n1. The van der Waals surface area contributed by atoms with E-state index in [2.05, 4.69) is 10.1 Å². The number of likely N-dealkylation sites (tertiary alicyclic amines) is 1. The third-order valence-corrected chi connectivity index (χ3v) is 5.09. The van der Waals surface area contributed by atoms with Crippen molar-refractivity contribution in [3.8, 4) is 0 Å². The average molecular weight is 332 g/mol. The molecule has 6 nitrogen and oxygen atoms in total. The molecule has 0 N–H and O–H groups in total. The second-order valence-corrected chi connectivity index (χ2v) is 6.79. The van der Waals surface area contributed by atoms with Crippen LogP contribution in [-0.4, -0.2) is 32.1 Å². The summed E-state index contributed by atoms with van der Waals surface area (Å²) in [6.45, 7) is 4.47. The van der Waals surface area contributed by atoms with Gasteiger partial charge in [0.2, 0.25) is 5.91 Å². The summed E-state index contributed by atoms with van der Waals surface area (Å²) in [6, 6.07) is 3.13. The van der Waals surface area contributed by atoms with Crippen LogP contribution in [0, 0.1) is 13.8 Å². The molecular weight excluding hydrogens is 312 g/mol. The molecule has 1 fully saturated rings. The fourth-order valence-electron chi connectivity index (χ4n) is 2.90. The van der Waals surface area contributed by atoms with Crippen LogP contribution in [0.4, 0.5) is 0 Å². The molecule has 0 bridgehead atoms. The van der Waals surface area contributed by atoms with Crippen molar-refractivity contribution in [2.24, 2.45) is 0 Å². The van der Waals surface area contributed by atoms with Gasteiger partial charge in [-0.15, -0.1) is 11.3 Å². The van der Waals surface area contributed by atoms with Crippen LogP contribution >= 0.6 is 11.3 Å². The van der Waals surface area contributed by atoms with Gasteiger partial charge in [-0.05, 0) is 39.2 Å². The fraction of sp³-hybridized carbons (Fsp3) is 0.500. The lowest BCUT2D eigenvalue weighted by molar-refractivity contribution is -0.136. The molecule has 1 atom stereocenters.